The van der Waals surface area contributed by atoms with E-state index in [-0.39, 0.29) is 20.7 Å². The van der Waals surface area contributed by atoms with Gasteiger partial charge in [0, 0.05) is 7.34 Å². The van der Waals surface area contributed by atoms with Gasteiger partial charge in [0.25, 0.3) is 5.91 Å². The van der Waals surface area contributed by atoms with E-state index in [1.165, 1.54) is 0 Å². The van der Waals surface area contributed by atoms with Crippen molar-refractivity contribution in [3.05, 3.63) is 0 Å². The zero-order valence-electron chi connectivity index (χ0n) is 12.3. The van der Waals surface area contributed by atoms with Crippen LogP contribution in [-0.4, -0.2) is 36.1 Å². The zero-order valence-corrected chi connectivity index (χ0v) is 12.3. The van der Waals surface area contributed by atoms with Gasteiger partial charge in [0.2, 0.25) is 17.6 Å². The molecule has 0 heterocycles. The molecule has 0 aliphatic heterocycles. The fraction of sp³-hybridized carbons (Fsp3) is 0.733. The third-order valence-corrected chi connectivity index (χ3v) is 3.66. The maximum Gasteiger partial charge on any atom is 0.290 e. The number of primary amides is 1. The van der Waals surface area contributed by atoms with Crippen LogP contribution in [0.3, 0.4) is 0 Å². The molecule has 1 atom stereocenters. The maximum atomic E-state index is 12.1. The first kappa shape index (κ1) is 20.1. The van der Waals surface area contributed by atoms with Crippen LogP contribution >= 0.6 is 0 Å². The summed E-state index contributed by atoms with van der Waals surface area (Å²) in [6.45, 7) is 1.32. The maximum absolute atomic E-state index is 12.1. The van der Waals surface area contributed by atoms with Crippen molar-refractivity contribution in [2.24, 2.45) is 11.7 Å². The van der Waals surface area contributed by atoms with Gasteiger partial charge in [-0.3, -0.25) is 19.2 Å². The Morgan fingerprint density at radius 3 is 2.27 bits per heavy atom. The summed E-state index contributed by atoms with van der Waals surface area (Å²) in [6, 6.07) is -0.854. The molecule has 0 spiro atoms. The van der Waals surface area contributed by atoms with Crippen molar-refractivity contribution >= 4 is 23.5 Å². The third-order valence-electron chi connectivity index (χ3n) is 3.66. The largest absolute Gasteiger partial charge is 0.368 e. The summed E-state index contributed by atoms with van der Waals surface area (Å²) in [5.74, 6) is -2.62. The monoisotopic (exact) mass is 315 g/mol. The van der Waals surface area contributed by atoms with Gasteiger partial charge in [-0.1, -0.05) is 33.6 Å². The van der Waals surface area contributed by atoms with E-state index in [2.05, 4.69) is 10.6 Å². The van der Waals surface area contributed by atoms with E-state index in [0.29, 0.717) is 6.42 Å². The molecule has 1 aliphatic rings. The predicted molar refractivity (Wildman–Crippen MR) is 84.9 cm³/mol. The summed E-state index contributed by atoms with van der Waals surface area (Å²) >= 11 is 0. The molecule has 1 saturated carbocycles. The van der Waals surface area contributed by atoms with Gasteiger partial charge in [0.15, 0.2) is 0 Å². The number of nitrogens with two attached hydrogens (primary N) is 1. The summed E-state index contributed by atoms with van der Waals surface area (Å²) in [6.07, 6.45) is 5.13. The van der Waals surface area contributed by atoms with E-state index in [1.807, 2.05) is 0 Å². The average Bonchev–Trinajstić information content (AvgIpc) is 2.50. The van der Waals surface area contributed by atoms with Crippen molar-refractivity contribution in [2.75, 3.05) is 6.54 Å². The first-order chi connectivity index (χ1) is 9.95. The van der Waals surface area contributed by atoms with Crippen molar-refractivity contribution in [1.82, 2.24) is 10.6 Å². The molecule has 0 unspecified atom stereocenters. The molecule has 22 heavy (non-hydrogen) atoms. The molecule has 1 rings (SSSR count). The second-order valence-electron chi connectivity index (χ2n) is 5.32. The number of carbonyl (C=O) groups excluding carboxylic acids is 4. The highest BCUT2D eigenvalue weighted by atomic mass is 16.2. The highest BCUT2D eigenvalue weighted by Gasteiger charge is 2.28. The van der Waals surface area contributed by atoms with Gasteiger partial charge in [-0.25, -0.2) is 0 Å². The predicted octanol–water partition coefficient (Wildman–Crippen LogP) is 0.514. The van der Waals surface area contributed by atoms with Crippen LogP contribution in [0.15, 0.2) is 0 Å². The number of nitrogens with one attached hydrogen (secondary N) is 2. The summed E-state index contributed by atoms with van der Waals surface area (Å²) in [7, 11) is 0. The minimum Gasteiger partial charge on any atom is -0.368 e. The van der Waals surface area contributed by atoms with Gasteiger partial charge < -0.3 is 16.4 Å². The van der Waals surface area contributed by atoms with Crippen molar-refractivity contribution < 1.29 is 20.6 Å². The smallest absolute Gasteiger partial charge is 0.290 e. The number of rotatable bonds is 7. The van der Waals surface area contributed by atoms with E-state index < -0.39 is 30.2 Å². The quantitative estimate of drug-likeness (QED) is 0.593. The minimum absolute atomic E-state index is 0. The van der Waals surface area contributed by atoms with E-state index in [9.17, 15) is 19.2 Å². The number of ketones is 1. The highest BCUT2D eigenvalue weighted by molar-refractivity contribution is 6.38. The molecular formula is C15H29N3O4. The first-order valence-electron chi connectivity index (χ1n) is 7.36. The molecule has 7 heteroatoms. The summed E-state index contributed by atoms with van der Waals surface area (Å²) in [4.78, 5) is 46.2. The lowest BCUT2D eigenvalue weighted by Gasteiger charge is -2.23. The Hall–Kier alpha value is -1.92. The highest BCUT2D eigenvalue weighted by Crippen LogP contribution is 2.23. The Kier molecular flexibility index (Phi) is 9.05. The lowest BCUT2D eigenvalue weighted by atomic mass is 9.88. The summed E-state index contributed by atoms with van der Waals surface area (Å²) in [5, 5.41) is 4.77. The third kappa shape index (κ3) is 6.24. The SMILES string of the molecule is C.CC[C@H](NC(=O)C1CCCCC1)C(=O)C(=O)NCC(N)=O.[HH]. The standard InChI is InChI=1S/C14H23N3O4.CH4.H2/c1-2-10(12(19)14(21)16-8-11(15)18)17-13(20)9-6-4-3-5-7-9;;/h9-10H,2-8H2,1H3,(H2,15,18)(H,16,21)(H,17,20);1H4;1H/t10-;;/m0../s1. The van der Waals surface area contributed by atoms with Crippen LogP contribution in [0.1, 0.15) is 54.3 Å². The molecule has 128 valence electrons. The molecule has 0 radical (unpaired) electrons. The van der Waals surface area contributed by atoms with Crippen LogP contribution in [0.4, 0.5) is 0 Å². The first-order valence-corrected chi connectivity index (χ1v) is 7.36. The number of hydrogen-bond acceptors (Lipinski definition) is 4. The number of hydrogen-bond donors (Lipinski definition) is 3. The molecule has 3 amide bonds. The van der Waals surface area contributed by atoms with Gasteiger partial charge in [-0.05, 0) is 19.3 Å². The van der Waals surface area contributed by atoms with Gasteiger partial charge in [-0.15, -0.1) is 0 Å². The molecule has 0 saturated heterocycles. The Bertz CT molecular complexity index is 423. The van der Waals surface area contributed by atoms with Crippen molar-refractivity contribution in [3.8, 4) is 0 Å². The van der Waals surface area contributed by atoms with Crippen LogP contribution in [0.5, 0.6) is 0 Å². The fourth-order valence-corrected chi connectivity index (χ4v) is 2.42. The number of carbonyl (C=O) groups is 4. The Morgan fingerprint density at radius 1 is 1.18 bits per heavy atom. The van der Waals surface area contributed by atoms with Gasteiger partial charge >= 0.3 is 0 Å². The van der Waals surface area contributed by atoms with Gasteiger partial charge in [-0.2, -0.15) is 0 Å². The van der Waals surface area contributed by atoms with Crippen LogP contribution < -0.4 is 16.4 Å². The Balaban J connectivity index is 0. The van der Waals surface area contributed by atoms with E-state index in [1.54, 1.807) is 6.92 Å². The van der Waals surface area contributed by atoms with Crippen LogP contribution in [0.25, 0.3) is 0 Å². The number of Topliss-reactive ketones (excluding diaryl/α,β-unsaturated/α-hetero) is 1. The normalized spacial score (nSPS) is 16.0. The van der Waals surface area contributed by atoms with E-state index in [0.717, 1.165) is 32.1 Å². The van der Waals surface area contributed by atoms with Gasteiger partial charge in [0.05, 0.1) is 12.6 Å². The molecule has 0 bridgehead atoms. The van der Waals surface area contributed by atoms with Crippen molar-refractivity contribution in [3.63, 3.8) is 0 Å². The Morgan fingerprint density at radius 2 is 1.77 bits per heavy atom. The lowest BCUT2D eigenvalue weighted by molar-refractivity contribution is -0.141. The molecule has 0 aromatic heterocycles. The Labute approximate surface area is 132 Å². The molecule has 0 aromatic carbocycles. The zero-order chi connectivity index (χ0) is 15.8. The van der Waals surface area contributed by atoms with E-state index >= 15 is 0 Å². The second kappa shape index (κ2) is 9.92. The molecule has 0 aromatic rings. The summed E-state index contributed by atoms with van der Waals surface area (Å²) < 4.78 is 0. The van der Waals surface area contributed by atoms with Gasteiger partial charge in [0.1, 0.15) is 0 Å². The molecule has 1 fully saturated rings. The minimum atomic E-state index is -0.899. The summed E-state index contributed by atoms with van der Waals surface area (Å²) in [5.41, 5.74) is 4.89. The van der Waals surface area contributed by atoms with Crippen LogP contribution in [-0.2, 0) is 19.2 Å². The molecule has 4 N–H and O–H groups in total. The van der Waals surface area contributed by atoms with Crippen LogP contribution in [0.2, 0.25) is 0 Å². The topological polar surface area (TPSA) is 118 Å². The lowest BCUT2D eigenvalue weighted by Crippen LogP contribution is -2.49. The molecule has 1 aliphatic carbocycles. The number of amides is 3. The molecular weight excluding hydrogens is 286 g/mol. The second-order valence-corrected chi connectivity index (χ2v) is 5.32. The average molecular weight is 315 g/mol. The molecule has 7 nitrogen and oxygen atoms in total. The van der Waals surface area contributed by atoms with Crippen LogP contribution in [0, 0.1) is 5.92 Å². The van der Waals surface area contributed by atoms with Crippen molar-refractivity contribution in [2.45, 2.75) is 58.9 Å². The van der Waals surface area contributed by atoms with Crippen molar-refractivity contribution in [1.29, 1.82) is 0 Å². The fourth-order valence-electron chi connectivity index (χ4n) is 2.42. The van der Waals surface area contributed by atoms with E-state index in [4.69, 9.17) is 5.73 Å².